The zero-order valence-electron chi connectivity index (χ0n) is 11.6. The van der Waals surface area contributed by atoms with Crippen LogP contribution >= 0.6 is 0 Å². The minimum atomic E-state index is -0.108. The number of amides is 1. The van der Waals surface area contributed by atoms with Crippen LogP contribution in [0.15, 0.2) is 28.9 Å². The molecule has 0 saturated carbocycles. The van der Waals surface area contributed by atoms with Crippen molar-refractivity contribution in [3.8, 4) is 0 Å². The fraction of sp³-hybridized carbons (Fsp3) is 0.533. The molecular formula is C15H22N2O3. The second-order valence-corrected chi connectivity index (χ2v) is 4.81. The average molecular weight is 278 g/mol. The largest absolute Gasteiger partial charge is 0.465 e. The summed E-state index contributed by atoms with van der Waals surface area (Å²) in [6, 6.07) is 3.59. The Morgan fingerprint density at radius 1 is 1.50 bits per heavy atom. The standard InChI is InChI=1S/C15H22N2O3/c18-15(5-4-13-3-1-11-19-13)17-8-2-12-20-14-6-9-16-10-7-14/h1,3-5,11,14,16H,2,6-10,12H2,(H,17,18). The molecule has 0 radical (unpaired) electrons. The number of piperidine rings is 1. The minimum absolute atomic E-state index is 0.108. The molecule has 0 atom stereocenters. The van der Waals surface area contributed by atoms with Crippen molar-refractivity contribution in [1.82, 2.24) is 10.6 Å². The molecule has 0 unspecified atom stereocenters. The van der Waals surface area contributed by atoms with Crippen LogP contribution in [0.2, 0.25) is 0 Å². The summed E-state index contributed by atoms with van der Waals surface area (Å²) < 4.78 is 10.9. The van der Waals surface area contributed by atoms with Crippen LogP contribution in [0.1, 0.15) is 25.0 Å². The molecule has 2 N–H and O–H groups in total. The summed E-state index contributed by atoms with van der Waals surface area (Å²) in [4.78, 5) is 11.5. The van der Waals surface area contributed by atoms with E-state index in [1.54, 1.807) is 24.5 Å². The molecule has 1 fully saturated rings. The van der Waals surface area contributed by atoms with Gasteiger partial charge in [0.05, 0.1) is 12.4 Å². The molecule has 1 amide bonds. The van der Waals surface area contributed by atoms with Gasteiger partial charge in [-0.05, 0) is 50.6 Å². The van der Waals surface area contributed by atoms with Crippen molar-refractivity contribution in [2.45, 2.75) is 25.4 Å². The molecule has 0 bridgehead atoms. The lowest BCUT2D eigenvalue weighted by atomic mass is 10.1. The normalized spacial score (nSPS) is 16.6. The fourth-order valence-electron chi connectivity index (χ4n) is 2.10. The van der Waals surface area contributed by atoms with Crippen LogP contribution in [0.3, 0.4) is 0 Å². The van der Waals surface area contributed by atoms with Gasteiger partial charge in [0.1, 0.15) is 5.76 Å². The van der Waals surface area contributed by atoms with Crippen LogP contribution in [-0.4, -0.2) is 38.3 Å². The molecule has 20 heavy (non-hydrogen) atoms. The van der Waals surface area contributed by atoms with E-state index in [1.807, 2.05) is 0 Å². The summed E-state index contributed by atoms with van der Waals surface area (Å²) in [6.07, 6.45) is 8.09. The van der Waals surface area contributed by atoms with Crippen LogP contribution in [0.4, 0.5) is 0 Å². The number of carbonyl (C=O) groups excluding carboxylic acids is 1. The number of hydrogen-bond donors (Lipinski definition) is 2. The lowest BCUT2D eigenvalue weighted by Crippen LogP contribution is -2.33. The highest BCUT2D eigenvalue weighted by molar-refractivity contribution is 5.91. The van der Waals surface area contributed by atoms with E-state index in [-0.39, 0.29) is 5.91 Å². The quantitative estimate of drug-likeness (QED) is 0.587. The highest BCUT2D eigenvalue weighted by Crippen LogP contribution is 2.07. The first-order chi connectivity index (χ1) is 9.84. The van der Waals surface area contributed by atoms with Crippen LogP contribution in [0.25, 0.3) is 6.08 Å². The van der Waals surface area contributed by atoms with E-state index in [4.69, 9.17) is 9.15 Å². The van der Waals surface area contributed by atoms with E-state index in [0.717, 1.165) is 32.4 Å². The maximum Gasteiger partial charge on any atom is 0.244 e. The number of ether oxygens (including phenoxy) is 1. The fourth-order valence-corrected chi connectivity index (χ4v) is 2.10. The van der Waals surface area contributed by atoms with Crippen molar-refractivity contribution in [2.75, 3.05) is 26.2 Å². The molecule has 110 valence electrons. The monoisotopic (exact) mass is 278 g/mol. The van der Waals surface area contributed by atoms with Gasteiger partial charge in [0, 0.05) is 19.2 Å². The van der Waals surface area contributed by atoms with Gasteiger partial charge in [0.25, 0.3) is 0 Å². The second kappa shape index (κ2) is 8.55. The second-order valence-electron chi connectivity index (χ2n) is 4.81. The van der Waals surface area contributed by atoms with Crippen LogP contribution in [-0.2, 0) is 9.53 Å². The maximum absolute atomic E-state index is 11.5. The first-order valence-electron chi connectivity index (χ1n) is 7.16. The molecule has 1 aliphatic heterocycles. The molecule has 0 aliphatic carbocycles. The van der Waals surface area contributed by atoms with Crippen LogP contribution in [0, 0.1) is 0 Å². The molecule has 1 aromatic rings. The number of rotatable bonds is 7. The molecule has 5 nitrogen and oxygen atoms in total. The van der Waals surface area contributed by atoms with Gasteiger partial charge in [-0.2, -0.15) is 0 Å². The SMILES string of the molecule is O=C(C=Cc1ccco1)NCCCOC1CCNCC1. The molecule has 0 spiro atoms. The van der Waals surface area contributed by atoms with Crippen LogP contribution < -0.4 is 10.6 Å². The third kappa shape index (κ3) is 5.59. The van der Waals surface area contributed by atoms with Gasteiger partial charge in [-0.1, -0.05) is 0 Å². The van der Waals surface area contributed by atoms with E-state index in [2.05, 4.69) is 10.6 Å². The number of nitrogens with one attached hydrogen (secondary N) is 2. The highest BCUT2D eigenvalue weighted by atomic mass is 16.5. The topological polar surface area (TPSA) is 63.5 Å². The Morgan fingerprint density at radius 3 is 3.10 bits per heavy atom. The van der Waals surface area contributed by atoms with E-state index in [0.29, 0.717) is 25.0 Å². The number of hydrogen-bond acceptors (Lipinski definition) is 4. The Kier molecular flexibility index (Phi) is 6.34. The van der Waals surface area contributed by atoms with Gasteiger partial charge >= 0.3 is 0 Å². The summed E-state index contributed by atoms with van der Waals surface area (Å²) in [6.45, 7) is 3.41. The molecule has 1 aliphatic rings. The molecule has 1 aromatic heterocycles. The first-order valence-corrected chi connectivity index (χ1v) is 7.16. The summed E-state index contributed by atoms with van der Waals surface area (Å²) in [7, 11) is 0. The lowest BCUT2D eigenvalue weighted by molar-refractivity contribution is -0.116. The van der Waals surface area contributed by atoms with Crippen molar-refractivity contribution in [2.24, 2.45) is 0 Å². The molecule has 5 heteroatoms. The summed E-state index contributed by atoms with van der Waals surface area (Å²) >= 11 is 0. The van der Waals surface area contributed by atoms with E-state index in [1.165, 1.54) is 6.08 Å². The van der Waals surface area contributed by atoms with Crippen molar-refractivity contribution >= 4 is 12.0 Å². The Morgan fingerprint density at radius 2 is 2.35 bits per heavy atom. The van der Waals surface area contributed by atoms with Crippen molar-refractivity contribution < 1.29 is 13.9 Å². The summed E-state index contributed by atoms with van der Waals surface area (Å²) in [5.74, 6) is 0.567. The molecule has 2 rings (SSSR count). The van der Waals surface area contributed by atoms with Gasteiger partial charge in [0.15, 0.2) is 0 Å². The molecular weight excluding hydrogens is 256 g/mol. The van der Waals surface area contributed by atoms with Crippen molar-refractivity contribution in [1.29, 1.82) is 0 Å². The average Bonchev–Trinajstić information content (AvgIpc) is 2.99. The third-order valence-corrected chi connectivity index (χ3v) is 3.20. The van der Waals surface area contributed by atoms with Crippen molar-refractivity contribution in [3.63, 3.8) is 0 Å². The van der Waals surface area contributed by atoms with Gasteiger partial charge in [0.2, 0.25) is 5.91 Å². The zero-order valence-corrected chi connectivity index (χ0v) is 11.6. The molecule has 2 heterocycles. The molecule has 1 saturated heterocycles. The lowest BCUT2D eigenvalue weighted by Gasteiger charge is -2.22. The number of carbonyl (C=O) groups is 1. The number of furan rings is 1. The Labute approximate surface area is 119 Å². The molecule has 0 aromatic carbocycles. The Bertz CT molecular complexity index is 409. The first kappa shape index (κ1) is 14.8. The van der Waals surface area contributed by atoms with Gasteiger partial charge < -0.3 is 19.8 Å². The predicted octanol–water partition coefficient (Wildman–Crippen LogP) is 1.57. The zero-order chi connectivity index (χ0) is 14.0. The highest BCUT2D eigenvalue weighted by Gasteiger charge is 2.12. The van der Waals surface area contributed by atoms with Gasteiger partial charge in [-0.25, -0.2) is 0 Å². The third-order valence-electron chi connectivity index (χ3n) is 3.20. The Hall–Kier alpha value is -1.59. The minimum Gasteiger partial charge on any atom is -0.465 e. The van der Waals surface area contributed by atoms with Gasteiger partial charge in [-0.3, -0.25) is 4.79 Å². The maximum atomic E-state index is 11.5. The summed E-state index contributed by atoms with van der Waals surface area (Å²) in [5, 5.41) is 6.13. The predicted molar refractivity (Wildman–Crippen MR) is 77.2 cm³/mol. The summed E-state index contributed by atoms with van der Waals surface area (Å²) in [5.41, 5.74) is 0. The van der Waals surface area contributed by atoms with E-state index in [9.17, 15) is 4.79 Å². The van der Waals surface area contributed by atoms with Crippen molar-refractivity contribution in [3.05, 3.63) is 30.2 Å². The van der Waals surface area contributed by atoms with E-state index < -0.39 is 0 Å². The Balaban J connectivity index is 1.51. The smallest absolute Gasteiger partial charge is 0.244 e. The van der Waals surface area contributed by atoms with Crippen LogP contribution in [0.5, 0.6) is 0 Å². The van der Waals surface area contributed by atoms with Gasteiger partial charge in [-0.15, -0.1) is 0 Å². The van der Waals surface area contributed by atoms with E-state index >= 15 is 0 Å².